The molecule has 116 valence electrons. The highest BCUT2D eigenvalue weighted by atomic mass is 35.5. The Morgan fingerprint density at radius 1 is 1.40 bits per heavy atom. The zero-order chi connectivity index (χ0) is 13.2. The van der Waals surface area contributed by atoms with Crippen LogP contribution in [0, 0.1) is 13.8 Å². The Morgan fingerprint density at radius 3 is 2.50 bits per heavy atom. The van der Waals surface area contributed by atoms with Crippen molar-refractivity contribution in [1.29, 1.82) is 0 Å². The Kier molecular flexibility index (Phi) is 7.55. The van der Waals surface area contributed by atoms with E-state index in [0.717, 1.165) is 37.3 Å². The lowest BCUT2D eigenvalue weighted by molar-refractivity contribution is -0.124. The van der Waals surface area contributed by atoms with E-state index in [2.05, 4.69) is 22.7 Å². The van der Waals surface area contributed by atoms with Crippen LogP contribution in [-0.4, -0.2) is 34.3 Å². The zero-order valence-corrected chi connectivity index (χ0v) is 13.9. The number of carbonyl (C=O) groups excluding carboxylic acids is 1. The van der Waals surface area contributed by atoms with Crippen LogP contribution >= 0.6 is 24.8 Å². The van der Waals surface area contributed by atoms with Crippen molar-refractivity contribution in [3.63, 3.8) is 0 Å². The van der Waals surface area contributed by atoms with Crippen LogP contribution in [0.2, 0.25) is 0 Å². The summed E-state index contributed by atoms with van der Waals surface area (Å²) in [7, 11) is 0. The summed E-state index contributed by atoms with van der Waals surface area (Å²) in [5.41, 5.74) is 1.91. The summed E-state index contributed by atoms with van der Waals surface area (Å²) in [6, 6.07) is 1.99. The minimum absolute atomic E-state index is 0. The van der Waals surface area contributed by atoms with Crippen molar-refractivity contribution in [3.05, 3.63) is 17.5 Å². The molecule has 0 unspecified atom stereocenters. The highest BCUT2D eigenvalue weighted by molar-refractivity contribution is 5.85. The average Bonchev–Trinajstić information content (AvgIpc) is 2.57. The van der Waals surface area contributed by atoms with Crippen LogP contribution in [-0.2, 0) is 11.3 Å². The normalized spacial score (nSPS) is 16.8. The van der Waals surface area contributed by atoms with Gasteiger partial charge in [-0.3, -0.25) is 9.48 Å². The van der Waals surface area contributed by atoms with Gasteiger partial charge in [0.2, 0.25) is 5.91 Å². The second-order valence-corrected chi connectivity index (χ2v) is 5.44. The van der Waals surface area contributed by atoms with Gasteiger partial charge in [-0.2, -0.15) is 5.10 Å². The third-order valence-electron chi connectivity index (χ3n) is 3.55. The molecule has 1 aromatic rings. The maximum atomic E-state index is 12.1. The van der Waals surface area contributed by atoms with Gasteiger partial charge in [0.05, 0.1) is 5.69 Å². The molecule has 20 heavy (non-hydrogen) atoms. The van der Waals surface area contributed by atoms with Crippen molar-refractivity contribution in [2.24, 2.45) is 0 Å². The molecule has 1 fully saturated rings. The maximum Gasteiger partial charge on any atom is 0.242 e. The molecule has 0 aliphatic carbocycles. The number of amides is 1. The lowest BCUT2D eigenvalue weighted by Gasteiger charge is -2.35. The van der Waals surface area contributed by atoms with E-state index < -0.39 is 0 Å². The summed E-state index contributed by atoms with van der Waals surface area (Å²) < 4.78 is 1.76. The quantitative estimate of drug-likeness (QED) is 0.888. The predicted molar refractivity (Wildman–Crippen MR) is 84.8 cm³/mol. The van der Waals surface area contributed by atoms with Crippen LogP contribution in [0.4, 0.5) is 0 Å². The number of hydrogen-bond acceptors (Lipinski definition) is 3. The van der Waals surface area contributed by atoms with Crippen molar-refractivity contribution in [2.75, 3.05) is 13.1 Å². The number of piperidine rings is 1. The molecular weight excluding hydrogens is 299 g/mol. The molecule has 0 aromatic carbocycles. The fourth-order valence-corrected chi connectivity index (χ4v) is 2.45. The second-order valence-electron chi connectivity index (χ2n) is 5.44. The van der Waals surface area contributed by atoms with Crippen molar-refractivity contribution in [3.8, 4) is 0 Å². The molecule has 1 aliphatic heterocycles. The van der Waals surface area contributed by atoms with Gasteiger partial charge in [0, 0.05) is 11.2 Å². The topological polar surface area (TPSA) is 59.0 Å². The average molecular weight is 323 g/mol. The monoisotopic (exact) mass is 322 g/mol. The smallest absolute Gasteiger partial charge is 0.242 e. The highest BCUT2D eigenvalue weighted by Crippen LogP contribution is 2.17. The minimum Gasteiger partial charge on any atom is -0.349 e. The number of aromatic nitrogens is 2. The van der Waals surface area contributed by atoms with E-state index in [1.54, 1.807) is 4.68 Å². The van der Waals surface area contributed by atoms with E-state index in [9.17, 15) is 4.79 Å². The number of halogens is 2. The van der Waals surface area contributed by atoms with Crippen molar-refractivity contribution >= 4 is 30.7 Å². The fourth-order valence-electron chi connectivity index (χ4n) is 2.45. The van der Waals surface area contributed by atoms with E-state index >= 15 is 0 Å². The van der Waals surface area contributed by atoms with Crippen LogP contribution in [0.1, 0.15) is 31.2 Å². The number of rotatable bonds is 3. The molecule has 2 heterocycles. The summed E-state index contributed by atoms with van der Waals surface area (Å²) in [4.78, 5) is 12.1. The lowest BCUT2D eigenvalue weighted by atomic mass is 9.90. The minimum atomic E-state index is -0.0710. The summed E-state index contributed by atoms with van der Waals surface area (Å²) in [5.74, 6) is 0.0469. The van der Waals surface area contributed by atoms with Gasteiger partial charge in [0.25, 0.3) is 0 Å². The van der Waals surface area contributed by atoms with E-state index in [1.165, 1.54) is 0 Å². The van der Waals surface area contributed by atoms with Crippen LogP contribution in [0.5, 0.6) is 0 Å². The fraction of sp³-hybridized carbons (Fsp3) is 0.692. The molecule has 7 heteroatoms. The SMILES string of the molecule is Cc1cc(C)n(CC(=O)NC2(C)CCNCC2)n1.Cl.Cl. The van der Waals surface area contributed by atoms with E-state index in [4.69, 9.17) is 0 Å². The first kappa shape index (κ1) is 19.2. The summed E-state index contributed by atoms with van der Waals surface area (Å²) >= 11 is 0. The number of hydrogen-bond donors (Lipinski definition) is 2. The van der Waals surface area contributed by atoms with Gasteiger partial charge in [-0.05, 0) is 52.8 Å². The molecule has 1 saturated heterocycles. The second kappa shape index (κ2) is 7.86. The molecule has 0 spiro atoms. The van der Waals surface area contributed by atoms with Gasteiger partial charge >= 0.3 is 0 Å². The molecule has 0 atom stereocenters. The van der Waals surface area contributed by atoms with Gasteiger partial charge in [0.15, 0.2) is 0 Å². The zero-order valence-electron chi connectivity index (χ0n) is 12.2. The molecule has 5 nitrogen and oxygen atoms in total. The summed E-state index contributed by atoms with van der Waals surface area (Å²) in [5, 5.41) is 10.8. The Bertz CT molecular complexity index is 442. The van der Waals surface area contributed by atoms with Crippen LogP contribution in [0.15, 0.2) is 6.07 Å². The Balaban J connectivity index is 0.00000180. The molecule has 0 radical (unpaired) electrons. The molecule has 0 saturated carbocycles. The Labute approximate surface area is 132 Å². The maximum absolute atomic E-state index is 12.1. The summed E-state index contributed by atoms with van der Waals surface area (Å²) in [6.45, 7) is 8.28. The lowest BCUT2D eigenvalue weighted by Crippen LogP contribution is -2.53. The predicted octanol–water partition coefficient (Wildman–Crippen LogP) is 1.60. The number of nitrogens with one attached hydrogen (secondary N) is 2. The first-order valence-corrected chi connectivity index (χ1v) is 6.51. The van der Waals surface area contributed by atoms with Crippen LogP contribution < -0.4 is 10.6 Å². The Morgan fingerprint density at radius 2 is 2.00 bits per heavy atom. The van der Waals surface area contributed by atoms with Crippen molar-refractivity contribution < 1.29 is 4.79 Å². The number of carbonyl (C=O) groups is 1. The molecule has 1 amide bonds. The van der Waals surface area contributed by atoms with Gasteiger partial charge < -0.3 is 10.6 Å². The highest BCUT2D eigenvalue weighted by Gasteiger charge is 2.28. The van der Waals surface area contributed by atoms with Gasteiger partial charge in [-0.1, -0.05) is 0 Å². The van der Waals surface area contributed by atoms with Gasteiger partial charge in [-0.15, -0.1) is 24.8 Å². The first-order valence-electron chi connectivity index (χ1n) is 6.51. The molecule has 2 rings (SSSR count). The van der Waals surface area contributed by atoms with E-state index in [1.807, 2.05) is 19.9 Å². The molecule has 1 aliphatic rings. The van der Waals surface area contributed by atoms with Crippen LogP contribution in [0.25, 0.3) is 0 Å². The number of nitrogens with zero attached hydrogens (tertiary/aromatic N) is 2. The number of aryl methyl sites for hydroxylation is 2. The molecular formula is C13H24Cl2N4O. The van der Waals surface area contributed by atoms with Crippen molar-refractivity contribution in [1.82, 2.24) is 20.4 Å². The largest absolute Gasteiger partial charge is 0.349 e. The van der Waals surface area contributed by atoms with Gasteiger partial charge in [0.1, 0.15) is 6.54 Å². The molecule has 2 N–H and O–H groups in total. The standard InChI is InChI=1S/C13H22N4O.2ClH/c1-10-8-11(2)17(16-10)9-12(18)15-13(3)4-6-14-7-5-13;;/h8,14H,4-7,9H2,1-3H3,(H,15,18);2*1H. The van der Waals surface area contributed by atoms with Crippen molar-refractivity contribution in [2.45, 2.75) is 45.7 Å². The first-order chi connectivity index (χ1) is 8.48. The molecule has 0 bridgehead atoms. The van der Waals surface area contributed by atoms with E-state index in [-0.39, 0.29) is 36.3 Å². The van der Waals surface area contributed by atoms with Crippen LogP contribution in [0.3, 0.4) is 0 Å². The summed E-state index contributed by atoms with van der Waals surface area (Å²) in [6.07, 6.45) is 1.96. The third-order valence-corrected chi connectivity index (χ3v) is 3.55. The molecule has 1 aromatic heterocycles. The third kappa shape index (κ3) is 4.96. The van der Waals surface area contributed by atoms with E-state index in [0.29, 0.717) is 6.54 Å². The Hall–Kier alpha value is -0.780. The van der Waals surface area contributed by atoms with Gasteiger partial charge in [-0.25, -0.2) is 0 Å².